The van der Waals surface area contributed by atoms with E-state index in [1.54, 1.807) is 0 Å². The summed E-state index contributed by atoms with van der Waals surface area (Å²) in [6.07, 6.45) is 4.08. The summed E-state index contributed by atoms with van der Waals surface area (Å²) in [6, 6.07) is 0. The van der Waals surface area contributed by atoms with E-state index in [2.05, 4.69) is 25.7 Å². The molecule has 30 heavy (non-hydrogen) atoms. The molecule has 0 aliphatic carbocycles. The van der Waals surface area contributed by atoms with Crippen LogP contribution in [0, 0.1) is 5.92 Å². The van der Waals surface area contributed by atoms with Crippen LogP contribution in [-0.2, 0) is 28.5 Å². The second kappa shape index (κ2) is 19.2. The van der Waals surface area contributed by atoms with Crippen LogP contribution in [0.15, 0.2) is 0 Å². The first-order chi connectivity index (χ1) is 14.5. The molecule has 0 bridgehead atoms. The van der Waals surface area contributed by atoms with E-state index < -0.39 is 12.1 Å². The number of ether oxygens (including phenoxy) is 4. The van der Waals surface area contributed by atoms with Crippen LogP contribution in [-0.4, -0.2) is 69.1 Å². The molecule has 0 radical (unpaired) electrons. The molecule has 0 fully saturated rings. The predicted octanol–water partition coefficient (Wildman–Crippen LogP) is 3.95. The zero-order valence-corrected chi connectivity index (χ0v) is 19.3. The van der Waals surface area contributed by atoms with Gasteiger partial charge in [0.2, 0.25) is 0 Å². The minimum atomic E-state index is -0.770. The Labute approximate surface area is 181 Å². The van der Waals surface area contributed by atoms with Crippen LogP contribution in [0.4, 0.5) is 4.79 Å². The number of hydrogen-bond acceptors (Lipinski definition) is 8. The molecule has 0 amide bonds. The van der Waals surface area contributed by atoms with Gasteiger partial charge in [-0.05, 0) is 32.4 Å². The number of nitrogens with zero attached hydrogens (tertiary/aromatic N) is 1. The van der Waals surface area contributed by atoms with E-state index in [1.807, 2.05) is 6.92 Å². The maximum absolute atomic E-state index is 11.8. The molecular weight excluding hydrogens is 390 g/mol. The van der Waals surface area contributed by atoms with E-state index in [0.717, 1.165) is 45.3 Å². The average Bonchev–Trinajstić information content (AvgIpc) is 2.73. The molecule has 0 heterocycles. The Bertz CT molecular complexity index is 466. The molecule has 0 aliphatic rings. The lowest BCUT2D eigenvalue weighted by molar-refractivity contribution is -0.150. The maximum atomic E-state index is 11.8. The second-order valence-corrected chi connectivity index (χ2v) is 7.23. The van der Waals surface area contributed by atoms with Gasteiger partial charge in [-0.1, -0.05) is 40.5 Å². The highest BCUT2D eigenvalue weighted by molar-refractivity contribution is 5.69. The molecule has 0 aliphatic heterocycles. The van der Waals surface area contributed by atoms with E-state index >= 15 is 0 Å². The SMILES string of the molecule is CCCCCC(=O)OCC(COC(=O)CCC)COC(=O)OCCCN(CC)CC. The lowest BCUT2D eigenvalue weighted by Gasteiger charge is -2.18. The topological polar surface area (TPSA) is 91.4 Å². The van der Waals surface area contributed by atoms with Gasteiger partial charge in [0.25, 0.3) is 0 Å². The highest BCUT2D eigenvalue weighted by Crippen LogP contribution is 2.07. The Balaban J connectivity index is 4.31. The van der Waals surface area contributed by atoms with Crippen LogP contribution in [0.2, 0.25) is 0 Å². The number of carbonyl (C=O) groups excluding carboxylic acids is 3. The number of hydrogen-bond donors (Lipinski definition) is 0. The molecule has 0 aromatic carbocycles. The fourth-order valence-corrected chi connectivity index (χ4v) is 2.64. The van der Waals surface area contributed by atoms with Gasteiger partial charge in [0.15, 0.2) is 0 Å². The van der Waals surface area contributed by atoms with Crippen molar-refractivity contribution in [3.8, 4) is 0 Å². The summed E-state index contributed by atoms with van der Waals surface area (Å²) in [6.45, 7) is 11.2. The van der Waals surface area contributed by atoms with E-state index in [1.165, 1.54) is 0 Å². The Kier molecular flexibility index (Phi) is 18.0. The Morgan fingerprint density at radius 1 is 0.700 bits per heavy atom. The van der Waals surface area contributed by atoms with Crippen molar-refractivity contribution in [1.29, 1.82) is 0 Å². The normalized spacial score (nSPS) is 11.8. The van der Waals surface area contributed by atoms with Crippen molar-refractivity contribution in [2.75, 3.05) is 46.1 Å². The number of carbonyl (C=O) groups is 3. The first-order valence-electron chi connectivity index (χ1n) is 11.3. The molecule has 8 heteroatoms. The van der Waals surface area contributed by atoms with Gasteiger partial charge in [-0.2, -0.15) is 0 Å². The first kappa shape index (κ1) is 28.2. The van der Waals surface area contributed by atoms with E-state index in [4.69, 9.17) is 18.9 Å². The summed E-state index contributed by atoms with van der Waals surface area (Å²) in [7, 11) is 0. The third-order valence-electron chi connectivity index (χ3n) is 4.57. The van der Waals surface area contributed by atoms with Gasteiger partial charge in [0.05, 0.1) is 12.5 Å². The van der Waals surface area contributed by atoms with Gasteiger partial charge in [-0.3, -0.25) is 9.59 Å². The van der Waals surface area contributed by atoms with Crippen LogP contribution >= 0.6 is 0 Å². The van der Waals surface area contributed by atoms with Crippen molar-refractivity contribution in [2.24, 2.45) is 5.92 Å². The molecule has 0 saturated heterocycles. The van der Waals surface area contributed by atoms with Crippen LogP contribution in [0.5, 0.6) is 0 Å². The molecule has 1 unspecified atom stereocenters. The molecule has 1 atom stereocenters. The highest BCUT2D eigenvalue weighted by atomic mass is 16.7. The fraction of sp³-hybridized carbons (Fsp3) is 0.864. The molecular formula is C22H41NO7. The smallest absolute Gasteiger partial charge is 0.465 e. The first-order valence-corrected chi connectivity index (χ1v) is 11.3. The second-order valence-electron chi connectivity index (χ2n) is 7.23. The molecule has 0 N–H and O–H groups in total. The highest BCUT2D eigenvalue weighted by Gasteiger charge is 2.18. The summed E-state index contributed by atoms with van der Waals surface area (Å²) in [4.78, 5) is 37.5. The third-order valence-corrected chi connectivity index (χ3v) is 4.57. The van der Waals surface area contributed by atoms with Gasteiger partial charge < -0.3 is 23.8 Å². The van der Waals surface area contributed by atoms with E-state index in [-0.39, 0.29) is 38.4 Å². The molecule has 0 saturated carbocycles. The lowest BCUT2D eigenvalue weighted by atomic mass is 10.2. The molecule has 0 aromatic rings. The Morgan fingerprint density at radius 3 is 1.87 bits per heavy atom. The third kappa shape index (κ3) is 16.0. The number of rotatable bonds is 18. The van der Waals surface area contributed by atoms with Gasteiger partial charge in [0.1, 0.15) is 19.8 Å². The molecule has 176 valence electrons. The lowest BCUT2D eigenvalue weighted by Crippen LogP contribution is -2.27. The molecule has 0 rings (SSSR count). The van der Waals surface area contributed by atoms with Crippen LogP contribution in [0.3, 0.4) is 0 Å². The van der Waals surface area contributed by atoms with Gasteiger partial charge in [-0.15, -0.1) is 0 Å². The predicted molar refractivity (Wildman–Crippen MR) is 114 cm³/mol. The van der Waals surface area contributed by atoms with Crippen molar-refractivity contribution >= 4 is 18.1 Å². The summed E-state index contributed by atoms with van der Waals surface area (Å²) in [5, 5.41) is 0. The minimum Gasteiger partial charge on any atom is -0.465 e. The number of esters is 2. The zero-order chi connectivity index (χ0) is 22.6. The van der Waals surface area contributed by atoms with Crippen molar-refractivity contribution in [3.63, 3.8) is 0 Å². The largest absolute Gasteiger partial charge is 0.508 e. The Morgan fingerprint density at radius 2 is 1.30 bits per heavy atom. The van der Waals surface area contributed by atoms with Crippen molar-refractivity contribution < 1.29 is 33.3 Å². The molecule has 0 aromatic heterocycles. The van der Waals surface area contributed by atoms with Gasteiger partial charge in [0, 0.05) is 19.4 Å². The van der Waals surface area contributed by atoms with Crippen molar-refractivity contribution in [1.82, 2.24) is 4.90 Å². The number of unbranched alkanes of at least 4 members (excludes halogenated alkanes) is 2. The zero-order valence-electron chi connectivity index (χ0n) is 19.3. The monoisotopic (exact) mass is 431 g/mol. The van der Waals surface area contributed by atoms with Crippen LogP contribution < -0.4 is 0 Å². The quantitative estimate of drug-likeness (QED) is 0.183. The Hall–Kier alpha value is -1.83. The summed E-state index contributed by atoms with van der Waals surface area (Å²) < 4.78 is 20.7. The molecule has 0 spiro atoms. The van der Waals surface area contributed by atoms with Crippen LogP contribution in [0.25, 0.3) is 0 Å². The van der Waals surface area contributed by atoms with Crippen molar-refractivity contribution in [2.45, 2.75) is 72.6 Å². The van der Waals surface area contributed by atoms with E-state index in [0.29, 0.717) is 19.3 Å². The molecule has 8 nitrogen and oxygen atoms in total. The van der Waals surface area contributed by atoms with Crippen LogP contribution in [0.1, 0.15) is 72.6 Å². The standard InChI is InChI=1S/C22H41NO7/c1-5-9-10-13-21(25)29-17-19(16-28-20(24)12-6-2)18-30-22(26)27-15-11-14-23(7-3)8-4/h19H,5-18H2,1-4H3. The summed E-state index contributed by atoms with van der Waals surface area (Å²) in [5.74, 6) is -1.05. The minimum absolute atomic E-state index is 0.0241. The maximum Gasteiger partial charge on any atom is 0.508 e. The van der Waals surface area contributed by atoms with Crippen molar-refractivity contribution in [3.05, 3.63) is 0 Å². The average molecular weight is 432 g/mol. The summed E-state index contributed by atoms with van der Waals surface area (Å²) >= 11 is 0. The van der Waals surface area contributed by atoms with Gasteiger partial charge in [-0.25, -0.2) is 4.79 Å². The summed E-state index contributed by atoms with van der Waals surface area (Å²) in [5.41, 5.74) is 0. The fourth-order valence-electron chi connectivity index (χ4n) is 2.64. The van der Waals surface area contributed by atoms with E-state index in [9.17, 15) is 14.4 Å². The van der Waals surface area contributed by atoms with Gasteiger partial charge >= 0.3 is 18.1 Å².